The first-order valence-electron chi connectivity index (χ1n) is 7.16. The van der Waals surface area contributed by atoms with Gasteiger partial charge >= 0.3 is 6.18 Å². The van der Waals surface area contributed by atoms with Crippen LogP contribution in [0.25, 0.3) is 0 Å². The molecule has 2 rings (SSSR count). The minimum atomic E-state index is -4.40. The smallest absolute Gasteiger partial charge is 0.326 e. The number of alkyl halides is 3. The van der Waals surface area contributed by atoms with Crippen LogP contribution in [0, 0.1) is 5.41 Å². The molecule has 0 aromatic heterocycles. The van der Waals surface area contributed by atoms with Gasteiger partial charge in [0.05, 0.1) is 5.56 Å². The van der Waals surface area contributed by atoms with Crippen molar-refractivity contribution < 1.29 is 13.2 Å². The molecule has 0 saturated heterocycles. The van der Waals surface area contributed by atoms with Gasteiger partial charge in [-0.1, -0.05) is 25.1 Å². The van der Waals surface area contributed by atoms with E-state index in [2.05, 4.69) is 5.32 Å². The predicted octanol–water partition coefficient (Wildman–Crippen LogP) is 4.75. The lowest BCUT2D eigenvalue weighted by atomic mass is 10.1. The van der Waals surface area contributed by atoms with Crippen molar-refractivity contribution in [1.82, 2.24) is 0 Å². The van der Waals surface area contributed by atoms with Crippen LogP contribution in [-0.4, -0.2) is 13.0 Å². The zero-order valence-electron chi connectivity index (χ0n) is 12.9. The van der Waals surface area contributed by atoms with Crippen LogP contribution in [0.5, 0.6) is 0 Å². The second-order valence-electron chi connectivity index (χ2n) is 5.13. The van der Waals surface area contributed by atoms with Crippen molar-refractivity contribution in [1.29, 1.82) is 5.41 Å². The summed E-state index contributed by atoms with van der Waals surface area (Å²) in [4.78, 5) is 1.37. The molecule has 0 atom stereocenters. The molecule has 0 fully saturated rings. The molecule has 122 valence electrons. The summed E-state index contributed by atoms with van der Waals surface area (Å²) in [6.07, 6.45) is -3.53. The molecule has 2 N–H and O–H groups in total. The first kappa shape index (κ1) is 16.9. The third-order valence-electron chi connectivity index (χ3n) is 3.49. The summed E-state index contributed by atoms with van der Waals surface area (Å²) in [5, 5.41) is 11.0. The summed E-state index contributed by atoms with van der Waals surface area (Å²) in [5.41, 5.74) is 1.41. The number of nitrogens with zero attached hydrogens (tertiary/aromatic N) is 1. The highest BCUT2D eigenvalue weighted by molar-refractivity contribution is 6.03. The molecule has 0 spiro atoms. The molecule has 0 heterocycles. The molecule has 3 nitrogen and oxygen atoms in total. The third kappa shape index (κ3) is 4.25. The molecule has 6 heteroatoms. The van der Waals surface area contributed by atoms with E-state index in [1.54, 1.807) is 7.05 Å². The first-order chi connectivity index (χ1) is 10.8. The van der Waals surface area contributed by atoms with E-state index < -0.39 is 11.7 Å². The number of guanidine groups is 1. The Morgan fingerprint density at radius 2 is 1.83 bits per heavy atom. The number of anilines is 2. The van der Waals surface area contributed by atoms with Crippen LogP contribution in [0.4, 0.5) is 24.5 Å². The van der Waals surface area contributed by atoms with Crippen molar-refractivity contribution in [3.05, 3.63) is 59.7 Å². The Bertz CT molecular complexity index is 695. The Balaban J connectivity index is 2.16. The second-order valence-corrected chi connectivity index (χ2v) is 5.13. The van der Waals surface area contributed by atoms with E-state index in [9.17, 15) is 13.2 Å². The van der Waals surface area contributed by atoms with E-state index >= 15 is 0 Å². The molecular formula is C17H18F3N3. The summed E-state index contributed by atoms with van der Waals surface area (Å²) in [5.74, 6) is -0.00224. The van der Waals surface area contributed by atoms with Crippen molar-refractivity contribution in [3.63, 3.8) is 0 Å². The Kier molecular flexibility index (Phi) is 4.93. The Hall–Kier alpha value is -2.50. The van der Waals surface area contributed by atoms with Gasteiger partial charge in [-0.2, -0.15) is 13.2 Å². The van der Waals surface area contributed by atoms with Gasteiger partial charge < -0.3 is 10.2 Å². The van der Waals surface area contributed by atoms with Crippen molar-refractivity contribution in [2.45, 2.75) is 19.5 Å². The Morgan fingerprint density at radius 1 is 1.13 bits per heavy atom. The van der Waals surface area contributed by atoms with Crippen molar-refractivity contribution in [3.8, 4) is 0 Å². The Labute approximate surface area is 133 Å². The average molecular weight is 321 g/mol. The first-order valence-corrected chi connectivity index (χ1v) is 7.16. The summed E-state index contributed by atoms with van der Waals surface area (Å²) in [6.45, 7) is 2.03. The SMILES string of the molecule is CCc1cccc(NC(=N)N(C)c2cccc(C(F)(F)F)c2)c1. The molecular weight excluding hydrogens is 303 g/mol. The van der Waals surface area contributed by atoms with Gasteiger partial charge in [-0.3, -0.25) is 5.41 Å². The van der Waals surface area contributed by atoms with Crippen LogP contribution in [0.2, 0.25) is 0 Å². The van der Waals surface area contributed by atoms with Gasteiger partial charge in [0.1, 0.15) is 0 Å². The molecule has 0 aliphatic heterocycles. The standard InChI is InChI=1S/C17H18F3N3/c1-3-12-6-4-8-14(10-12)22-16(21)23(2)15-9-5-7-13(11-15)17(18,19)20/h4-11H,3H2,1-2H3,(H2,21,22). The van der Waals surface area contributed by atoms with E-state index in [1.807, 2.05) is 31.2 Å². The molecule has 0 amide bonds. The molecule has 0 aliphatic carbocycles. The normalized spacial score (nSPS) is 11.2. The summed E-state index contributed by atoms with van der Waals surface area (Å²) < 4.78 is 38.3. The number of hydrogen-bond donors (Lipinski definition) is 2. The maximum Gasteiger partial charge on any atom is 0.416 e. The fraction of sp³-hybridized carbons (Fsp3) is 0.235. The van der Waals surface area contributed by atoms with Gasteiger partial charge in [-0.15, -0.1) is 0 Å². The number of hydrogen-bond acceptors (Lipinski definition) is 1. The lowest BCUT2D eigenvalue weighted by Gasteiger charge is -2.22. The van der Waals surface area contributed by atoms with Crippen LogP contribution >= 0.6 is 0 Å². The highest BCUT2D eigenvalue weighted by Gasteiger charge is 2.30. The average Bonchev–Trinajstić information content (AvgIpc) is 2.53. The second kappa shape index (κ2) is 6.73. The minimum Gasteiger partial charge on any atom is -0.326 e. The van der Waals surface area contributed by atoms with E-state index in [0.717, 1.165) is 29.8 Å². The topological polar surface area (TPSA) is 39.1 Å². The minimum absolute atomic E-state index is 0.00224. The molecule has 0 saturated carbocycles. The number of benzene rings is 2. The predicted molar refractivity (Wildman–Crippen MR) is 87.0 cm³/mol. The van der Waals surface area contributed by atoms with Crippen LogP contribution in [0.3, 0.4) is 0 Å². The van der Waals surface area contributed by atoms with Crippen LogP contribution < -0.4 is 10.2 Å². The molecule has 23 heavy (non-hydrogen) atoms. The molecule has 2 aromatic rings. The fourth-order valence-corrected chi connectivity index (χ4v) is 2.11. The zero-order valence-corrected chi connectivity index (χ0v) is 12.9. The maximum absolute atomic E-state index is 12.8. The van der Waals surface area contributed by atoms with Gasteiger partial charge in [0, 0.05) is 18.4 Å². The van der Waals surface area contributed by atoms with Crippen molar-refractivity contribution >= 4 is 17.3 Å². The van der Waals surface area contributed by atoms with E-state index in [-0.39, 0.29) is 5.96 Å². The lowest BCUT2D eigenvalue weighted by Crippen LogP contribution is -2.32. The number of rotatable bonds is 3. The highest BCUT2D eigenvalue weighted by atomic mass is 19.4. The van der Waals surface area contributed by atoms with Gasteiger partial charge in [0.15, 0.2) is 5.96 Å². The fourth-order valence-electron chi connectivity index (χ4n) is 2.11. The van der Waals surface area contributed by atoms with Crippen LogP contribution in [0.15, 0.2) is 48.5 Å². The van der Waals surface area contributed by atoms with Gasteiger partial charge in [0.25, 0.3) is 0 Å². The summed E-state index contributed by atoms with van der Waals surface area (Å²) in [6, 6.07) is 12.5. The van der Waals surface area contributed by atoms with E-state index in [1.165, 1.54) is 17.0 Å². The maximum atomic E-state index is 12.8. The van der Waals surface area contributed by atoms with Gasteiger partial charge in [0.2, 0.25) is 0 Å². The molecule has 0 unspecified atom stereocenters. The number of halogens is 3. The van der Waals surface area contributed by atoms with Crippen molar-refractivity contribution in [2.75, 3.05) is 17.3 Å². The lowest BCUT2D eigenvalue weighted by molar-refractivity contribution is -0.137. The zero-order chi connectivity index (χ0) is 17.0. The third-order valence-corrected chi connectivity index (χ3v) is 3.49. The quantitative estimate of drug-likeness (QED) is 0.632. The van der Waals surface area contributed by atoms with Crippen LogP contribution in [0.1, 0.15) is 18.1 Å². The molecule has 0 bridgehead atoms. The number of aryl methyl sites for hydroxylation is 1. The van der Waals surface area contributed by atoms with E-state index in [4.69, 9.17) is 5.41 Å². The molecule has 2 aromatic carbocycles. The van der Waals surface area contributed by atoms with Crippen LogP contribution in [-0.2, 0) is 12.6 Å². The highest BCUT2D eigenvalue weighted by Crippen LogP contribution is 2.31. The van der Waals surface area contributed by atoms with Crippen molar-refractivity contribution in [2.24, 2.45) is 0 Å². The summed E-state index contributed by atoms with van der Waals surface area (Å²) >= 11 is 0. The molecule has 0 aliphatic rings. The monoisotopic (exact) mass is 321 g/mol. The van der Waals surface area contributed by atoms with E-state index in [0.29, 0.717) is 5.69 Å². The molecule has 0 radical (unpaired) electrons. The number of nitrogens with one attached hydrogen (secondary N) is 2. The Morgan fingerprint density at radius 3 is 2.48 bits per heavy atom. The van der Waals surface area contributed by atoms with Gasteiger partial charge in [-0.25, -0.2) is 0 Å². The summed E-state index contributed by atoms with van der Waals surface area (Å²) in [7, 11) is 1.55. The largest absolute Gasteiger partial charge is 0.416 e. The van der Waals surface area contributed by atoms with Gasteiger partial charge in [-0.05, 0) is 42.3 Å².